The van der Waals surface area contributed by atoms with Crippen molar-refractivity contribution in [1.82, 2.24) is 0 Å². The summed E-state index contributed by atoms with van der Waals surface area (Å²) in [6.07, 6.45) is 2.18. The Morgan fingerprint density at radius 2 is 1.60 bits per heavy atom. The minimum atomic E-state index is -2.22. The molecule has 1 aliphatic carbocycles. The SMILES string of the molecule is C[C@H]1C(=O)C[C@@H]2C[C@H]1OO[C@]2(C)C=Cc1c(F)c(F)c(F)c(F)c1F. The number of benzene rings is 1. The van der Waals surface area contributed by atoms with Crippen LogP contribution >= 0.6 is 0 Å². The summed E-state index contributed by atoms with van der Waals surface area (Å²) in [6.45, 7) is 3.25. The Morgan fingerprint density at radius 1 is 1.04 bits per heavy atom. The molecule has 25 heavy (non-hydrogen) atoms. The molecule has 2 bridgehead atoms. The van der Waals surface area contributed by atoms with Crippen molar-refractivity contribution >= 4 is 11.9 Å². The summed E-state index contributed by atoms with van der Waals surface area (Å²) in [4.78, 5) is 22.5. The van der Waals surface area contributed by atoms with E-state index < -0.39 is 46.4 Å². The fourth-order valence-corrected chi connectivity index (χ4v) is 3.18. The number of Topliss-reactive ketones (excluding diaryl/α,β-unsaturated/α-hetero) is 1. The summed E-state index contributed by atoms with van der Waals surface area (Å²) in [6, 6.07) is 0. The Morgan fingerprint density at radius 3 is 2.20 bits per heavy atom. The van der Waals surface area contributed by atoms with Gasteiger partial charge in [-0.1, -0.05) is 6.92 Å². The molecule has 0 aromatic heterocycles. The lowest BCUT2D eigenvalue weighted by atomic mass is 9.71. The first kappa shape index (κ1) is 18.0. The molecule has 1 aliphatic heterocycles. The number of carbonyl (C=O) groups excluding carboxylic acids is 1. The fraction of sp³-hybridized carbons (Fsp3) is 0.471. The van der Waals surface area contributed by atoms with Crippen molar-refractivity contribution in [3.05, 3.63) is 40.7 Å². The van der Waals surface area contributed by atoms with Gasteiger partial charge in [-0.3, -0.25) is 4.79 Å². The van der Waals surface area contributed by atoms with Gasteiger partial charge in [0.25, 0.3) is 0 Å². The van der Waals surface area contributed by atoms with Gasteiger partial charge in [0.1, 0.15) is 17.5 Å². The van der Waals surface area contributed by atoms with Crippen LogP contribution in [0, 0.1) is 40.9 Å². The zero-order chi connectivity index (χ0) is 18.5. The highest BCUT2D eigenvalue weighted by atomic mass is 19.2. The van der Waals surface area contributed by atoms with Crippen LogP contribution in [0.5, 0.6) is 0 Å². The first-order valence-electron chi connectivity index (χ1n) is 7.73. The number of hydrogen-bond acceptors (Lipinski definition) is 3. The van der Waals surface area contributed by atoms with Crippen LogP contribution in [0.2, 0.25) is 0 Å². The van der Waals surface area contributed by atoms with Crippen molar-refractivity contribution in [2.45, 2.75) is 38.4 Å². The summed E-state index contributed by atoms with van der Waals surface area (Å²) in [5.41, 5.74) is -2.30. The lowest BCUT2D eigenvalue weighted by Gasteiger charge is -2.45. The van der Waals surface area contributed by atoms with Gasteiger partial charge in [0.2, 0.25) is 5.82 Å². The van der Waals surface area contributed by atoms with Crippen molar-refractivity contribution in [2.75, 3.05) is 0 Å². The van der Waals surface area contributed by atoms with Gasteiger partial charge in [-0.05, 0) is 25.5 Å². The molecule has 3 nitrogen and oxygen atoms in total. The van der Waals surface area contributed by atoms with Crippen molar-refractivity contribution in [3.8, 4) is 0 Å². The molecule has 0 spiro atoms. The summed E-state index contributed by atoms with van der Waals surface area (Å²) in [5, 5.41) is 0. The highest BCUT2D eigenvalue weighted by Gasteiger charge is 2.48. The predicted octanol–water partition coefficient (Wildman–Crippen LogP) is 4.10. The fourth-order valence-electron chi connectivity index (χ4n) is 3.18. The van der Waals surface area contributed by atoms with E-state index in [2.05, 4.69) is 0 Å². The Kier molecular flexibility index (Phi) is 4.45. The number of rotatable bonds is 2. The second-order valence-electron chi connectivity index (χ2n) is 6.61. The number of ketones is 1. The maximum absolute atomic E-state index is 13.7. The topological polar surface area (TPSA) is 35.5 Å². The van der Waals surface area contributed by atoms with Crippen LogP contribution in [0.25, 0.3) is 6.08 Å². The molecule has 2 aliphatic rings. The maximum Gasteiger partial charge on any atom is 0.200 e. The van der Waals surface area contributed by atoms with Gasteiger partial charge in [0, 0.05) is 18.3 Å². The van der Waals surface area contributed by atoms with Gasteiger partial charge in [0.05, 0.1) is 5.56 Å². The molecular weight excluding hydrogens is 347 g/mol. The molecule has 1 heterocycles. The van der Waals surface area contributed by atoms with Gasteiger partial charge >= 0.3 is 0 Å². The number of halogens is 5. The monoisotopic (exact) mass is 362 g/mol. The molecule has 0 amide bonds. The van der Waals surface area contributed by atoms with Crippen molar-refractivity contribution < 1.29 is 36.5 Å². The molecule has 0 unspecified atom stereocenters. The third kappa shape index (κ3) is 2.87. The highest BCUT2D eigenvalue weighted by molar-refractivity contribution is 5.82. The lowest BCUT2D eigenvalue weighted by Crippen LogP contribution is -2.52. The molecule has 2 fully saturated rings. The smallest absolute Gasteiger partial charge is 0.200 e. The van der Waals surface area contributed by atoms with Crippen molar-refractivity contribution in [1.29, 1.82) is 0 Å². The summed E-state index contributed by atoms with van der Waals surface area (Å²) in [7, 11) is 0. The zero-order valence-corrected chi connectivity index (χ0v) is 13.4. The molecule has 1 saturated heterocycles. The van der Waals surface area contributed by atoms with E-state index in [0.717, 1.165) is 12.2 Å². The molecule has 1 saturated carbocycles. The number of carbonyl (C=O) groups is 1. The van der Waals surface area contributed by atoms with E-state index in [4.69, 9.17) is 9.78 Å². The van der Waals surface area contributed by atoms with Gasteiger partial charge in [-0.2, -0.15) is 0 Å². The van der Waals surface area contributed by atoms with Crippen LogP contribution in [0.3, 0.4) is 0 Å². The van der Waals surface area contributed by atoms with Crippen LogP contribution in [-0.2, 0) is 14.6 Å². The van der Waals surface area contributed by atoms with E-state index in [-0.39, 0.29) is 24.0 Å². The average Bonchev–Trinajstić information content (AvgIpc) is 2.59. The molecule has 0 N–H and O–H groups in total. The number of fused-ring (bicyclic) bond motifs is 2. The second-order valence-corrected chi connectivity index (χ2v) is 6.61. The summed E-state index contributed by atoms with van der Waals surface area (Å²) < 4.78 is 67.1. The van der Waals surface area contributed by atoms with Gasteiger partial charge in [-0.25, -0.2) is 31.7 Å². The Bertz CT molecular complexity index is 734. The van der Waals surface area contributed by atoms with E-state index >= 15 is 0 Å². The van der Waals surface area contributed by atoms with E-state index in [1.807, 2.05) is 0 Å². The Labute approximate surface area is 140 Å². The van der Waals surface area contributed by atoms with Crippen LogP contribution < -0.4 is 0 Å². The average molecular weight is 362 g/mol. The van der Waals surface area contributed by atoms with Crippen LogP contribution in [0.1, 0.15) is 32.3 Å². The Hall–Kier alpha value is -1.80. The highest BCUT2D eigenvalue weighted by Crippen LogP contribution is 2.43. The van der Waals surface area contributed by atoms with Crippen molar-refractivity contribution in [3.63, 3.8) is 0 Å². The quantitative estimate of drug-likeness (QED) is 0.344. The first-order chi connectivity index (χ1) is 11.7. The second kappa shape index (κ2) is 6.17. The first-order valence-corrected chi connectivity index (χ1v) is 7.73. The van der Waals surface area contributed by atoms with E-state index in [1.165, 1.54) is 6.92 Å². The van der Waals surface area contributed by atoms with Crippen LogP contribution in [0.15, 0.2) is 6.08 Å². The standard InChI is InChI=1S/C17H15F5O3/c1-7-10(23)5-8-6-11(7)24-25-17(8,2)4-3-9-12(18)14(20)16(22)15(21)13(9)19/h3-4,7-8,11H,5-6H2,1-2H3/t7-,8+,11+,17+/m0/s1. The minimum Gasteiger partial charge on any atom is -0.299 e. The zero-order valence-electron chi connectivity index (χ0n) is 13.4. The third-order valence-corrected chi connectivity index (χ3v) is 5.02. The van der Waals surface area contributed by atoms with Gasteiger partial charge in [0.15, 0.2) is 23.3 Å². The molecule has 4 atom stereocenters. The molecule has 0 radical (unpaired) electrons. The summed E-state index contributed by atoms with van der Waals surface area (Å²) >= 11 is 0. The van der Waals surface area contributed by atoms with E-state index in [0.29, 0.717) is 6.42 Å². The lowest BCUT2D eigenvalue weighted by molar-refractivity contribution is -0.415. The molecule has 1 aromatic carbocycles. The third-order valence-electron chi connectivity index (χ3n) is 5.02. The maximum atomic E-state index is 13.7. The molecule has 1 aromatic rings. The molecule has 8 heteroatoms. The minimum absolute atomic E-state index is 0.0274. The van der Waals surface area contributed by atoms with E-state index in [1.54, 1.807) is 6.92 Å². The van der Waals surface area contributed by atoms with Crippen molar-refractivity contribution in [2.24, 2.45) is 11.8 Å². The Balaban J connectivity index is 1.94. The molecular formula is C17H15F5O3. The molecule has 3 rings (SSSR count). The van der Waals surface area contributed by atoms with Gasteiger partial charge in [-0.15, -0.1) is 0 Å². The van der Waals surface area contributed by atoms with Crippen LogP contribution in [-0.4, -0.2) is 17.5 Å². The molecule has 136 valence electrons. The summed E-state index contributed by atoms with van der Waals surface area (Å²) in [5.74, 6) is -10.8. The van der Waals surface area contributed by atoms with E-state index in [9.17, 15) is 26.7 Å². The van der Waals surface area contributed by atoms with Gasteiger partial charge < -0.3 is 0 Å². The normalized spacial score (nSPS) is 32.4. The number of hydrogen-bond donors (Lipinski definition) is 0. The van der Waals surface area contributed by atoms with Crippen LogP contribution in [0.4, 0.5) is 22.0 Å². The largest absolute Gasteiger partial charge is 0.299 e. The predicted molar refractivity (Wildman–Crippen MR) is 76.5 cm³/mol.